The van der Waals surface area contributed by atoms with E-state index in [0.29, 0.717) is 11.0 Å². The number of carbonyl (C=O) groups excluding carboxylic acids is 1. The van der Waals surface area contributed by atoms with Gasteiger partial charge in [0.2, 0.25) is 0 Å². The maximum absolute atomic E-state index is 13.5. The van der Waals surface area contributed by atoms with Crippen molar-refractivity contribution < 1.29 is 14.3 Å². The van der Waals surface area contributed by atoms with Gasteiger partial charge in [0.25, 0.3) is 5.91 Å². The molecule has 2 aromatic rings. The SMILES string of the molecule is O=C(Nc1nc(C2CC2)cs1)c1ccc(O)cc1F. The van der Waals surface area contributed by atoms with Gasteiger partial charge < -0.3 is 5.11 Å². The number of carbonyl (C=O) groups is 1. The van der Waals surface area contributed by atoms with Crippen LogP contribution in [-0.4, -0.2) is 16.0 Å². The summed E-state index contributed by atoms with van der Waals surface area (Å²) in [6.45, 7) is 0. The number of thiazole rings is 1. The number of phenols is 1. The predicted octanol–water partition coefficient (Wildman–Crippen LogP) is 3.12. The van der Waals surface area contributed by atoms with Crippen molar-refractivity contribution in [3.05, 3.63) is 40.7 Å². The summed E-state index contributed by atoms with van der Waals surface area (Å²) in [5.74, 6) is -1.00. The van der Waals surface area contributed by atoms with E-state index in [9.17, 15) is 9.18 Å². The van der Waals surface area contributed by atoms with E-state index < -0.39 is 11.7 Å². The number of phenolic OH excluding ortho intramolecular Hbond substituents is 1. The summed E-state index contributed by atoms with van der Waals surface area (Å²) >= 11 is 1.33. The van der Waals surface area contributed by atoms with E-state index in [1.807, 2.05) is 5.38 Å². The van der Waals surface area contributed by atoms with E-state index in [-0.39, 0.29) is 11.3 Å². The highest BCUT2D eigenvalue weighted by atomic mass is 32.1. The molecule has 1 aromatic heterocycles. The van der Waals surface area contributed by atoms with Crippen molar-refractivity contribution >= 4 is 22.4 Å². The van der Waals surface area contributed by atoms with Gasteiger partial charge in [-0.05, 0) is 25.0 Å². The monoisotopic (exact) mass is 278 g/mol. The van der Waals surface area contributed by atoms with E-state index in [0.717, 1.165) is 24.6 Å². The Balaban J connectivity index is 1.76. The molecule has 0 saturated heterocycles. The molecule has 6 heteroatoms. The Kier molecular flexibility index (Phi) is 2.94. The van der Waals surface area contributed by atoms with E-state index in [1.54, 1.807) is 0 Å². The fourth-order valence-electron chi connectivity index (χ4n) is 1.76. The van der Waals surface area contributed by atoms with Gasteiger partial charge >= 0.3 is 0 Å². The van der Waals surface area contributed by atoms with Crippen molar-refractivity contribution in [2.24, 2.45) is 0 Å². The van der Waals surface area contributed by atoms with E-state index in [2.05, 4.69) is 10.3 Å². The molecule has 0 radical (unpaired) electrons. The van der Waals surface area contributed by atoms with Crippen LogP contribution in [0.3, 0.4) is 0 Å². The second-order valence-corrected chi connectivity index (χ2v) is 5.33. The minimum Gasteiger partial charge on any atom is -0.508 e. The van der Waals surface area contributed by atoms with Crippen LogP contribution in [-0.2, 0) is 0 Å². The molecule has 98 valence electrons. The standard InChI is InChI=1S/C13H11FN2O2S/c14-10-5-8(17)3-4-9(10)12(18)16-13-15-11(6-19-13)7-1-2-7/h3-7,17H,1-2H2,(H,15,16,18). The summed E-state index contributed by atoms with van der Waals surface area (Å²) in [6.07, 6.45) is 2.29. The Morgan fingerprint density at radius 1 is 1.47 bits per heavy atom. The zero-order valence-electron chi connectivity index (χ0n) is 9.89. The summed E-state index contributed by atoms with van der Waals surface area (Å²) in [7, 11) is 0. The van der Waals surface area contributed by atoms with Crippen LogP contribution in [0.15, 0.2) is 23.6 Å². The van der Waals surface area contributed by atoms with Gasteiger partial charge in [0.15, 0.2) is 5.13 Å². The van der Waals surface area contributed by atoms with Gasteiger partial charge in [-0.25, -0.2) is 9.37 Å². The predicted molar refractivity (Wildman–Crippen MR) is 70.1 cm³/mol. The number of amides is 1. The lowest BCUT2D eigenvalue weighted by Crippen LogP contribution is -2.13. The Bertz CT molecular complexity index is 637. The molecule has 4 nitrogen and oxygen atoms in total. The molecule has 0 spiro atoms. The summed E-state index contributed by atoms with van der Waals surface area (Å²) in [6, 6.07) is 3.43. The molecule has 2 N–H and O–H groups in total. The summed E-state index contributed by atoms with van der Waals surface area (Å²) in [4.78, 5) is 16.2. The first-order valence-electron chi connectivity index (χ1n) is 5.89. The molecule has 19 heavy (non-hydrogen) atoms. The van der Waals surface area contributed by atoms with Crippen molar-refractivity contribution in [1.82, 2.24) is 4.98 Å². The van der Waals surface area contributed by atoms with Gasteiger partial charge in [0, 0.05) is 17.4 Å². The second-order valence-electron chi connectivity index (χ2n) is 4.47. The first-order valence-corrected chi connectivity index (χ1v) is 6.77. The molecule has 0 aliphatic heterocycles. The molecule has 1 heterocycles. The maximum atomic E-state index is 13.5. The largest absolute Gasteiger partial charge is 0.508 e. The third-order valence-corrected chi connectivity index (χ3v) is 3.71. The van der Waals surface area contributed by atoms with Gasteiger partial charge in [0.05, 0.1) is 11.3 Å². The molecular formula is C13H11FN2O2S. The lowest BCUT2D eigenvalue weighted by molar-refractivity contribution is 0.102. The summed E-state index contributed by atoms with van der Waals surface area (Å²) < 4.78 is 13.5. The Morgan fingerprint density at radius 2 is 2.26 bits per heavy atom. The highest BCUT2D eigenvalue weighted by Gasteiger charge is 2.26. The molecule has 1 saturated carbocycles. The van der Waals surface area contributed by atoms with Crippen LogP contribution in [0, 0.1) is 5.82 Å². The molecule has 1 aliphatic carbocycles. The quantitative estimate of drug-likeness (QED) is 0.906. The number of rotatable bonds is 3. The van der Waals surface area contributed by atoms with Crippen molar-refractivity contribution in [3.63, 3.8) is 0 Å². The molecule has 1 fully saturated rings. The highest BCUT2D eigenvalue weighted by molar-refractivity contribution is 7.14. The first-order chi connectivity index (χ1) is 9.13. The number of benzene rings is 1. The van der Waals surface area contributed by atoms with Gasteiger partial charge in [-0.15, -0.1) is 11.3 Å². The summed E-state index contributed by atoms with van der Waals surface area (Å²) in [5, 5.41) is 14.1. The van der Waals surface area contributed by atoms with Crippen LogP contribution >= 0.6 is 11.3 Å². The Hall–Kier alpha value is -1.95. The van der Waals surface area contributed by atoms with Crippen LogP contribution in [0.25, 0.3) is 0 Å². The molecule has 1 aliphatic rings. The zero-order valence-corrected chi connectivity index (χ0v) is 10.7. The van der Waals surface area contributed by atoms with Gasteiger partial charge in [-0.3, -0.25) is 10.1 Å². The van der Waals surface area contributed by atoms with E-state index >= 15 is 0 Å². The second kappa shape index (κ2) is 4.62. The van der Waals surface area contributed by atoms with Crippen molar-refractivity contribution in [2.45, 2.75) is 18.8 Å². The number of halogens is 1. The van der Waals surface area contributed by atoms with Crippen LogP contribution in [0.1, 0.15) is 34.8 Å². The smallest absolute Gasteiger partial charge is 0.260 e. The maximum Gasteiger partial charge on any atom is 0.260 e. The van der Waals surface area contributed by atoms with Crippen molar-refractivity contribution in [1.29, 1.82) is 0 Å². The first kappa shape index (κ1) is 12.1. The Morgan fingerprint density at radius 3 is 2.95 bits per heavy atom. The average molecular weight is 278 g/mol. The topological polar surface area (TPSA) is 62.2 Å². The fraction of sp³-hybridized carbons (Fsp3) is 0.231. The van der Waals surface area contributed by atoms with Crippen LogP contribution in [0.2, 0.25) is 0 Å². The van der Waals surface area contributed by atoms with Gasteiger partial charge in [-0.2, -0.15) is 0 Å². The number of hydrogen-bond acceptors (Lipinski definition) is 4. The molecule has 3 rings (SSSR count). The number of hydrogen-bond donors (Lipinski definition) is 2. The van der Waals surface area contributed by atoms with Gasteiger partial charge in [-0.1, -0.05) is 0 Å². The lowest BCUT2D eigenvalue weighted by atomic mass is 10.2. The minimum atomic E-state index is -0.753. The molecule has 0 bridgehead atoms. The molecule has 1 aromatic carbocycles. The summed E-state index contributed by atoms with van der Waals surface area (Å²) in [5.41, 5.74) is 0.882. The minimum absolute atomic E-state index is 0.110. The van der Waals surface area contributed by atoms with E-state index in [1.165, 1.54) is 23.5 Å². The zero-order chi connectivity index (χ0) is 13.4. The van der Waals surface area contributed by atoms with Crippen molar-refractivity contribution in [3.8, 4) is 5.75 Å². The van der Waals surface area contributed by atoms with Crippen LogP contribution in [0.4, 0.5) is 9.52 Å². The number of aromatic nitrogens is 1. The number of aromatic hydroxyl groups is 1. The third kappa shape index (κ3) is 2.58. The fourth-order valence-corrected chi connectivity index (χ4v) is 2.55. The lowest BCUT2D eigenvalue weighted by Gasteiger charge is -2.03. The molecular weight excluding hydrogens is 267 g/mol. The number of nitrogens with one attached hydrogen (secondary N) is 1. The number of anilines is 1. The molecule has 0 unspecified atom stereocenters. The Labute approximate surface area is 112 Å². The number of nitrogens with zero attached hydrogens (tertiary/aromatic N) is 1. The third-order valence-electron chi connectivity index (χ3n) is 2.94. The highest BCUT2D eigenvalue weighted by Crippen LogP contribution is 2.40. The molecule has 1 amide bonds. The van der Waals surface area contributed by atoms with Crippen LogP contribution in [0.5, 0.6) is 5.75 Å². The van der Waals surface area contributed by atoms with E-state index in [4.69, 9.17) is 5.11 Å². The normalized spacial score (nSPS) is 14.4. The average Bonchev–Trinajstić information content (AvgIpc) is 3.10. The van der Waals surface area contributed by atoms with Gasteiger partial charge in [0.1, 0.15) is 11.6 Å². The van der Waals surface area contributed by atoms with Crippen LogP contribution < -0.4 is 5.32 Å². The molecule has 0 atom stereocenters. The van der Waals surface area contributed by atoms with Crippen molar-refractivity contribution in [2.75, 3.05) is 5.32 Å².